The molecule has 2 rings (SSSR count). The number of ether oxygens (including phenoxy) is 1. The molecular weight excluding hydrogens is 248 g/mol. The van der Waals surface area contributed by atoms with Gasteiger partial charge in [0.05, 0.1) is 11.7 Å². The third kappa shape index (κ3) is 4.22. The second kappa shape index (κ2) is 6.15. The van der Waals surface area contributed by atoms with Crippen molar-refractivity contribution in [3.8, 4) is 0 Å². The van der Waals surface area contributed by atoms with Crippen LogP contribution in [0.2, 0.25) is 0 Å². The van der Waals surface area contributed by atoms with Crippen molar-refractivity contribution in [2.45, 2.75) is 64.8 Å². The molecular formula is C17H28N2O. The fourth-order valence-electron chi connectivity index (χ4n) is 2.78. The van der Waals surface area contributed by atoms with Crippen LogP contribution < -0.4 is 5.73 Å². The predicted octanol–water partition coefficient (Wildman–Crippen LogP) is 3.44. The lowest BCUT2D eigenvalue weighted by molar-refractivity contribution is -0.0333. The average molecular weight is 276 g/mol. The van der Waals surface area contributed by atoms with Gasteiger partial charge >= 0.3 is 0 Å². The third-order valence-electron chi connectivity index (χ3n) is 4.09. The first kappa shape index (κ1) is 15.3. The topological polar surface area (TPSA) is 38.5 Å². The van der Waals surface area contributed by atoms with E-state index in [0.29, 0.717) is 12.1 Å². The first-order chi connectivity index (χ1) is 9.35. The highest BCUT2D eigenvalue weighted by molar-refractivity contribution is 5.39. The Kier molecular flexibility index (Phi) is 4.71. The molecule has 0 spiro atoms. The van der Waals surface area contributed by atoms with Crippen molar-refractivity contribution in [3.05, 3.63) is 29.8 Å². The Bertz CT molecular complexity index is 425. The first-order valence-corrected chi connectivity index (χ1v) is 7.62. The van der Waals surface area contributed by atoms with Gasteiger partial charge in [0.2, 0.25) is 0 Å². The molecule has 1 fully saturated rings. The van der Waals surface area contributed by atoms with Crippen molar-refractivity contribution in [1.82, 2.24) is 4.90 Å². The fourth-order valence-corrected chi connectivity index (χ4v) is 2.78. The summed E-state index contributed by atoms with van der Waals surface area (Å²) in [5.41, 5.74) is 7.93. The summed E-state index contributed by atoms with van der Waals surface area (Å²) in [5, 5.41) is 0. The molecule has 1 aromatic carbocycles. The maximum absolute atomic E-state index is 6.12. The Balaban J connectivity index is 1.95. The summed E-state index contributed by atoms with van der Waals surface area (Å²) in [4.78, 5) is 2.48. The van der Waals surface area contributed by atoms with E-state index in [9.17, 15) is 0 Å². The molecule has 3 nitrogen and oxygen atoms in total. The Morgan fingerprint density at radius 2 is 1.95 bits per heavy atom. The van der Waals surface area contributed by atoms with Crippen molar-refractivity contribution in [1.29, 1.82) is 0 Å². The quantitative estimate of drug-likeness (QED) is 0.837. The molecule has 3 heteroatoms. The van der Waals surface area contributed by atoms with E-state index in [1.165, 1.54) is 5.56 Å². The van der Waals surface area contributed by atoms with Crippen LogP contribution in [-0.2, 0) is 11.3 Å². The monoisotopic (exact) mass is 276 g/mol. The zero-order chi connectivity index (χ0) is 14.8. The molecule has 0 saturated carbocycles. The molecule has 20 heavy (non-hydrogen) atoms. The first-order valence-electron chi connectivity index (χ1n) is 7.62. The van der Waals surface area contributed by atoms with Crippen molar-refractivity contribution in [2.75, 3.05) is 12.3 Å². The van der Waals surface area contributed by atoms with Gasteiger partial charge in [-0.15, -0.1) is 0 Å². The van der Waals surface area contributed by atoms with Crippen LogP contribution in [-0.4, -0.2) is 29.2 Å². The van der Waals surface area contributed by atoms with Crippen molar-refractivity contribution in [2.24, 2.45) is 0 Å². The summed E-state index contributed by atoms with van der Waals surface area (Å²) in [5.74, 6) is 0. The van der Waals surface area contributed by atoms with Crippen LogP contribution in [0.4, 0.5) is 5.69 Å². The summed E-state index contributed by atoms with van der Waals surface area (Å²) in [6, 6.07) is 8.69. The van der Waals surface area contributed by atoms with Crippen molar-refractivity contribution >= 4 is 5.69 Å². The van der Waals surface area contributed by atoms with Crippen molar-refractivity contribution < 1.29 is 4.74 Å². The second-order valence-corrected chi connectivity index (χ2v) is 6.80. The summed E-state index contributed by atoms with van der Waals surface area (Å²) in [6.07, 6.45) is 2.69. The van der Waals surface area contributed by atoms with Crippen LogP contribution in [0.1, 0.15) is 46.1 Å². The van der Waals surface area contributed by atoms with E-state index in [-0.39, 0.29) is 5.60 Å². The van der Waals surface area contributed by atoms with E-state index in [1.807, 2.05) is 12.1 Å². The van der Waals surface area contributed by atoms with Gasteiger partial charge in [0.1, 0.15) is 0 Å². The number of anilines is 1. The molecule has 0 radical (unpaired) electrons. The molecule has 0 aromatic heterocycles. The zero-order valence-electron chi connectivity index (χ0n) is 13.2. The van der Waals surface area contributed by atoms with Gasteiger partial charge in [-0.25, -0.2) is 0 Å². The molecule has 1 aromatic rings. The lowest BCUT2D eigenvalue weighted by atomic mass is 10.1. The molecule has 0 bridgehead atoms. The smallest absolute Gasteiger partial charge is 0.0710 e. The lowest BCUT2D eigenvalue weighted by Crippen LogP contribution is -2.37. The Morgan fingerprint density at radius 3 is 2.45 bits per heavy atom. The second-order valence-electron chi connectivity index (χ2n) is 6.80. The fraction of sp³-hybridized carbons (Fsp3) is 0.647. The Morgan fingerprint density at radius 1 is 1.30 bits per heavy atom. The minimum absolute atomic E-state index is 0.0501. The number of nitrogens with zero attached hydrogens (tertiary/aromatic N) is 1. The van der Waals surface area contributed by atoms with E-state index in [2.05, 4.69) is 44.7 Å². The number of rotatable bonds is 5. The van der Waals surface area contributed by atoms with E-state index in [4.69, 9.17) is 10.5 Å². The maximum atomic E-state index is 6.12. The van der Waals surface area contributed by atoms with E-state index in [0.717, 1.165) is 31.6 Å². The number of hydrogen-bond acceptors (Lipinski definition) is 3. The van der Waals surface area contributed by atoms with E-state index < -0.39 is 0 Å². The number of nitrogen functional groups attached to an aromatic ring is 1. The molecule has 112 valence electrons. The summed E-state index contributed by atoms with van der Waals surface area (Å²) < 4.78 is 6.12. The maximum Gasteiger partial charge on any atom is 0.0710 e. The summed E-state index contributed by atoms with van der Waals surface area (Å²) in [6.45, 7) is 10.8. The van der Waals surface area contributed by atoms with Gasteiger partial charge in [-0.1, -0.05) is 12.1 Å². The van der Waals surface area contributed by atoms with E-state index >= 15 is 0 Å². The third-order valence-corrected chi connectivity index (χ3v) is 4.09. The van der Waals surface area contributed by atoms with Gasteiger partial charge < -0.3 is 10.5 Å². The van der Waals surface area contributed by atoms with Gasteiger partial charge in [0, 0.05) is 24.8 Å². The number of benzene rings is 1. The molecule has 1 atom stereocenters. The number of nitrogens with two attached hydrogens (primary N) is 1. The minimum atomic E-state index is 0.0501. The van der Waals surface area contributed by atoms with Gasteiger partial charge in [-0.2, -0.15) is 0 Å². The van der Waals surface area contributed by atoms with Crippen molar-refractivity contribution in [3.63, 3.8) is 0 Å². The van der Waals surface area contributed by atoms with Crippen LogP contribution in [0.25, 0.3) is 0 Å². The Hall–Kier alpha value is -1.06. The van der Waals surface area contributed by atoms with Gasteiger partial charge in [0.15, 0.2) is 0 Å². The van der Waals surface area contributed by atoms with E-state index in [1.54, 1.807) is 0 Å². The van der Waals surface area contributed by atoms with Crippen LogP contribution in [0.3, 0.4) is 0 Å². The molecule has 0 aliphatic carbocycles. The molecule has 1 aliphatic rings. The minimum Gasteiger partial charge on any atom is -0.399 e. The van der Waals surface area contributed by atoms with Crippen LogP contribution in [0.15, 0.2) is 24.3 Å². The van der Waals surface area contributed by atoms with Crippen LogP contribution in [0, 0.1) is 0 Å². The van der Waals surface area contributed by atoms with Crippen LogP contribution in [0.5, 0.6) is 0 Å². The predicted molar refractivity (Wildman–Crippen MR) is 84.6 cm³/mol. The summed E-state index contributed by atoms with van der Waals surface area (Å²) in [7, 11) is 0. The van der Waals surface area contributed by atoms with Gasteiger partial charge in [-0.05, 0) is 58.2 Å². The molecule has 0 amide bonds. The average Bonchev–Trinajstić information content (AvgIpc) is 2.70. The molecule has 1 saturated heterocycles. The van der Waals surface area contributed by atoms with Gasteiger partial charge in [0.25, 0.3) is 0 Å². The Labute approximate surface area is 123 Å². The molecule has 1 heterocycles. The zero-order valence-corrected chi connectivity index (χ0v) is 13.2. The standard InChI is InChI=1S/C17H28N2O/c1-13(2)19(11-14-5-7-15(18)8-6-14)12-16-9-10-17(3,4)20-16/h5-8,13,16H,9-12,18H2,1-4H3. The highest BCUT2D eigenvalue weighted by atomic mass is 16.5. The molecule has 1 aliphatic heterocycles. The molecule has 1 unspecified atom stereocenters. The SMILES string of the molecule is CC(C)N(Cc1ccc(N)cc1)CC1CCC(C)(C)O1. The number of hydrogen-bond donors (Lipinski definition) is 1. The van der Waals surface area contributed by atoms with Crippen LogP contribution >= 0.6 is 0 Å². The highest BCUT2D eigenvalue weighted by Gasteiger charge is 2.32. The highest BCUT2D eigenvalue weighted by Crippen LogP contribution is 2.30. The normalized spacial score (nSPS) is 21.8. The summed E-state index contributed by atoms with van der Waals surface area (Å²) >= 11 is 0. The van der Waals surface area contributed by atoms with Gasteiger partial charge in [-0.3, -0.25) is 4.90 Å². The lowest BCUT2D eigenvalue weighted by Gasteiger charge is -2.30. The molecule has 2 N–H and O–H groups in total. The largest absolute Gasteiger partial charge is 0.399 e.